The van der Waals surface area contributed by atoms with Crippen LogP contribution in [-0.2, 0) is 0 Å². The summed E-state index contributed by atoms with van der Waals surface area (Å²) in [6.45, 7) is 8.71. The lowest BCUT2D eigenvalue weighted by Gasteiger charge is -2.30. The Morgan fingerprint density at radius 1 is 0.579 bits per heavy atom. The minimum atomic E-state index is -1.62. The van der Waals surface area contributed by atoms with Crippen molar-refractivity contribution in [3.05, 3.63) is 138 Å². The van der Waals surface area contributed by atoms with Crippen molar-refractivity contribution in [2.45, 2.75) is 26.6 Å². The van der Waals surface area contributed by atoms with Gasteiger partial charge in [-0.3, -0.25) is 0 Å². The van der Waals surface area contributed by atoms with Gasteiger partial charge in [0, 0.05) is 39.1 Å². The third-order valence-electron chi connectivity index (χ3n) is 6.04. The first kappa shape index (κ1) is 16.2. The van der Waals surface area contributed by atoms with E-state index in [0.717, 1.165) is 21.8 Å². The van der Waals surface area contributed by atoms with Gasteiger partial charge in [0.1, 0.15) is 0 Å². The summed E-state index contributed by atoms with van der Waals surface area (Å²) in [5.74, 6) is 0. The van der Waals surface area contributed by atoms with Gasteiger partial charge in [-0.1, -0.05) is 90.9 Å². The summed E-state index contributed by atoms with van der Waals surface area (Å²) >= 11 is 6.54. The van der Waals surface area contributed by atoms with Gasteiger partial charge in [0.2, 0.25) is 0 Å². The van der Waals surface area contributed by atoms with Crippen LogP contribution in [0.15, 0.2) is 127 Å². The van der Waals surface area contributed by atoms with Gasteiger partial charge in [-0.15, -0.1) is 0 Å². The first-order valence-corrected chi connectivity index (χ1v) is 16.0. The summed E-state index contributed by atoms with van der Waals surface area (Å²) in [6.07, 6.45) is 0. The zero-order valence-corrected chi connectivity index (χ0v) is 23.4. The smallest absolute Gasteiger partial charge is 0.0775 e. The van der Waals surface area contributed by atoms with Crippen molar-refractivity contribution in [1.29, 1.82) is 0 Å². The molecule has 5 aromatic rings. The standard InChI is InChI=1S/C34H33ClN2Si/c1-26-22-27(35)24-33(23-26)37(30-18-20-34(21-19-30)38(2,3)4)32-17-11-16-31(25-32)36(28-12-7-5-8-13-28)29-14-9-6-10-15-29/h5-25H,1-4H3/i5D,6D,7D,8D,9D,10D,12D,13D,14D,15D. The number of aryl methyl sites for hydroxylation is 1. The molecule has 2 nitrogen and oxygen atoms in total. The van der Waals surface area contributed by atoms with E-state index < -0.39 is 68.5 Å². The lowest BCUT2D eigenvalue weighted by atomic mass is 10.1. The van der Waals surface area contributed by atoms with Crippen molar-refractivity contribution < 1.29 is 13.7 Å². The van der Waals surface area contributed by atoms with Crippen LogP contribution >= 0.6 is 11.6 Å². The highest BCUT2D eigenvalue weighted by Gasteiger charge is 2.20. The van der Waals surface area contributed by atoms with E-state index >= 15 is 0 Å². The molecule has 5 aromatic carbocycles. The Balaban J connectivity index is 1.85. The van der Waals surface area contributed by atoms with Gasteiger partial charge >= 0.3 is 0 Å². The van der Waals surface area contributed by atoms with Crippen molar-refractivity contribution >= 4 is 59.0 Å². The molecule has 5 rings (SSSR count). The van der Waals surface area contributed by atoms with Crippen LogP contribution in [0.25, 0.3) is 0 Å². The predicted octanol–water partition coefficient (Wildman–Crippen LogP) is 10.1. The van der Waals surface area contributed by atoms with Crippen molar-refractivity contribution in [3.8, 4) is 0 Å². The highest BCUT2D eigenvalue weighted by atomic mass is 35.5. The van der Waals surface area contributed by atoms with Gasteiger partial charge in [-0.05, 0) is 85.2 Å². The molecule has 4 heteroatoms. The Morgan fingerprint density at radius 3 is 1.61 bits per heavy atom. The van der Waals surface area contributed by atoms with Crippen LogP contribution in [0.5, 0.6) is 0 Å². The highest BCUT2D eigenvalue weighted by Crippen LogP contribution is 2.40. The van der Waals surface area contributed by atoms with Crippen molar-refractivity contribution in [3.63, 3.8) is 0 Å². The Bertz CT molecular complexity index is 1920. The number of hydrogen-bond acceptors (Lipinski definition) is 2. The minimum Gasteiger partial charge on any atom is -0.310 e. The number of halogens is 1. The van der Waals surface area contributed by atoms with Gasteiger partial charge in [-0.25, -0.2) is 0 Å². The number of para-hydroxylation sites is 2. The summed E-state index contributed by atoms with van der Waals surface area (Å²) in [6, 6.07) is 14.5. The van der Waals surface area contributed by atoms with Gasteiger partial charge in [0.25, 0.3) is 0 Å². The van der Waals surface area contributed by atoms with Gasteiger partial charge < -0.3 is 9.80 Å². The van der Waals surface area contributed by atoms with Gasteiger partial charge in [0.15, 0.2) is 0 Å². The van der Waals surface area contributed by atoms with Gasteiger partial charge in [0.05, 0.1) is 21.8 Å². The average Bonchev–Trinajstić information content (AvgIpc) is 3.03. The topological polar surface area (TPSA) is 6.48 Å². The summed E-state index contributed by atoms with van der Waals surface area (Å²) in [5, 5.41) is 1.78. The van der Waals surface area contributed by atoms with Crippen LogP contribution in [0.4, 0.5) is 34.1 Å². The van der Waals surface area contributed by atoms with E-state index in [4.69, 9.17) is 25.3 Å². The van der Waals surface area contributed by atoms with Crippen LogP contribution in [-0.4, -0.2) is 8.07 Å². The molecule has 0 atom stereocenters. The second-order valence-corrected chi connectivity index (χ2v) is 15.4. The molecular weight excluding hydrogens is 500 g/mol. The molecule has 0 N–H and O–H groups in total. The molecule has 190 valence electrons. The second kappa shape index (κ2) is 10.9. The van der Waals surface area contributed by atoms with Gasteiger partial charge in [-0.2, -0.15) is 0 Å². The van der Waals surface area contributed by atoms with Crippen LogP contribution in [0.2, 0.25) is 24.7 Å². The van der Waals surface area contributed by atoms with E-state index in [1.54, 1.807) is 18.2 Å². The number of rotatable bonds is 7. The lowest BCUT2D eigenvalue weighted by molar-refractivity contribution is 1.24. The highest BCUT2D eigenvalue weighted by molar-refractivity contribution is 6.88. The third kappa shape index (κ3) is 5.70. The molecule has 0 saturated carbocycles. The second-order valence-electron chi connectivity index (χ2n) is 9.92. The Morgan fingerprint density at radius 2 is 1.11 bits per heavy atom. The molecule has 0 aromatic heterocycles. The fourth-order valence-electron chi connectivity index (χ4n) is 4.26. The zero-order valence-electron chi connectivity index (χ0n) is 31.6. The predicted molar refractivity (Wildman–Crippen MR) is 169 cm³/mol. The molecule has 0 saturated heterocycles. The quantitative estimate of drug-likeness (QED) is 0.189. The van der Waals surface area contributed by atoms with E-state index in [2.05, 4.69) is 31.8 Å². The van der Waals surface area contributed by atoms with Crippen molar-refractivity contribution in [2.75, 3.05) is 9.80 Å². The maximum atomic E-state index is 8.79. The first-order valence-electron chi connectivity index (χ1n) is 17.2. The minimum absolute atomic E-state index is 0.201. The van der Waals surface area contributed by atoms with Crippen LogP contribution in [0.3, 0.4) is 0 Å². The molecule has 0 amide bonds. The maximum Gasteiger partial charge on any atom is 0.0775 e. The molecule has 0 bridgehead atoms. The SMILES string of the molecule is [2H]c1c([2H])c([2H])c(N(c2cccc(N(c3ccc([Si](C)(C)C)cc3)c3cc(C)cc(Cl)c3)c2)c2c([2H])c([2H])c([2H])c([2H])c2[2H])c([2H])c1[2H]. The van der Waals surface area contributed by atoms with Crippen LogP contribution < -0.4 is 15.0 Å². The molecule has 0 aliphatic carbocycles. The fourth-order valence-corrected chi connectivity index (χ4v) is 5.71. The molecule has 0 aliphatic heterocycles. The normalized spacial score (nSPS) is 15.0. The number of nitrogens with zero attached hydrogens (tertiary/aromatic N) is 2. The molecule has 0 unspecified atom stereocenters. The monoisotopic (exact) mass is 542 g/mol. The lowest BCUT2D eigenvalue weighted by Crippen LogP contribution is -2.37. The Hall–Kier alpha value is -3.79. The summed E-state index contributed by atoms with van der Waals surface area (Å²) in [7, 11) is -1.62. The summed E-state index contributed by atoms with van der Waals surface area (Å²) in [4.78, 5) is 3.11. The van der Waals surface area contributed by atoms with E-state index in [1.165, 1.54) is 5.19 Å². The average molecular weight is 543 g/mol. The van der Waals surface area contributed by atoms with Crippen LogP contribution in [0.1, 0.15) is 19.3 Å². The first-order chi connectivity index (χ1) is 22.4. The molecule has 0 fully saturated rings. The van der Waals surface area contributed by atoms with E-state index in [-0.39, 0.29) is 17.1 Å². The molecule has 0 radical (unpaired) electrons. The third-order valence-corrected chi connectivity index (χ3v) is 8.33. The van der Waals surface area contributed by atoms with Crippen molar-refractivity contribution in [1.82, 2.24) is 0 Å². The zero-order chi connectivity index (χ0) is 35.4. The van der Waals surface area contributed by atoms with Crippen molar-refractivity contribution in [2.24, 2.45) is 0 Å². The number of benzene rings is 5. The van der Waals surface area contributed by atoms with E-state index in [1.807, 2.05) is 48.2 Å². The van der Waals surface area contributed by atoms with E-state index in [0.29, 0.717) is 10.7 Å². The fraction of sp³-hybridized carbons (Fsp3) is 0.118. The summed E-state index contributed by atoms with van der Waals surface area (Å²) in [5.41, 5.74) is 2.51. The number of anilines is 6. The molecule has 0 heterocycles. The number of hydrogen-bond donors (Lipinski definition) is 0. The Labute approximate surface area is 246 Å². The molecular formula is C34H33ClN2Si. The largest absolute Gasteiger partial charge is 0.310 e. The summed E-state index contributed by atoms with van der Waals surface area (Å²) < 4.78 is 84.9. The Kier molecular flexibility index (Phi) is 4.66. The maximum absolute atomic E-state index is 8.79. The molecule has 0 aliphatic rings. The molecule has 38 heavy (non-hydrogen) atoms. The molecule has 0 spiro atoms. The van der Waals surface area contributed by atoms with Crippen LogP contribution in [0, 0.1) is 6.92 Å². The van der Waals surface area contributed by atoms with E-state index in [9.17, 15) is 0 Å².